The minimum atomic E-state index is -0.524. The van der Waals surface area contributed by atoms with Crippen LogP contribution in [0.25, 0.3) is 22.3 Å². The van der Waals surface area contributed by atoms with Gasteiger partial charge in [0.15, 0.2) is 5.82 Å². The molecule has 0 bridgehead atoms. The minimum absolute atomic E-state index is 0.155. The van der Waals surface area contributed by atoms with Gasteiger partial charge in [-0.2, -0.15) is 0 Å². The lowest BCUT2D eigenvalue weighted by Crippen LogP contribution is -2.68. The van der Waals surface area contributed by atoms with Gasteiger partial charge in [-0.1, -0.05) is 48.5 Å². The second-order valence-electron chi connectivity index (χ2n) is 8.72. The van der Waals surface area contributed by atoms with Gasteiger partial charge in [-0.15, -0.1) is 6.58 Å². The van der Waals surface area contributed by atoms with E-state index in [9.17, 15) is 5.11 Å². The Morgan fingerprint density at radius 2 is 1.97 bits per heavy atom. The first-order valence-electron chi connectivity index (χ1n) is 11.2. The molecule has 1 fully saturated rings. The summed E-state index contributed by atoms with van der Waals surface area (Å²) in [7, 11) is 0. The lowest BCUT2D eigenvalue weighted by atomic mass is 9.90. The molecular formula is C26H32N4O2. The number of aromatic nitrogens is 2. The summed E-state index contributed by atoms with van der Waals surface area (Å²) in [5.41, 5.74) is 1.43. The van der Waals surface area contributed by atoms with Crippen molar-refractivity contribution in [3.8, 4) is 11.4 Å². The molecule has 0 radical (unpaired) electrons. The van der Waals surface area contributed by atoms with Crippen molar-refractivity contribution in [1.29, 1.82) is 0 Å². The molecule has 1 aliphatic rings. The zero-order chi connectivity index (χ0) is 22.6. The highest BCUT2D eigenvalue weighted by Crippen LogP contribution is 2.31. The number of piperazine rings is 1. The van der Waals surface area contributed by atoms with E-state index in [-0.39, 0.29) is 6.04 Å². The molecule has 1 aliphatic heterocycles. The van der Waals surface area contributed by atoms with Crippen LogP contribution in [0.2, 0.25) is 0 Å². The zero-order valence-corrected chi connectivity index (χ0v) is 18.9. The maximum absolute atomic E-state index is 10.6. The van der Waals surface area contributed by atoms with E-state index in [0.29, 0.717) is 25.6 Å². The Hall–Kier alpha value is -2.80. The summed E-state index contributed by atoms with van der Waals surface area (Å²) < 4.78 is 5.64. The third-order valence-corrected chi connectivity index (χ3v) is 6.18. The van der Waals surface area contributed by atoms with Crippen molar-refractivity contribution < 1.29 is 9.84 Å². The number of ether oxygens (including phenoxy) is 1. The average Bonchev–Trinajstić information content (AvgIpc) is 2.81. The topological polar surface area (TPSA) is 70.5 Å². The number of rotatable bonds is 8. The number of aliphatic hydroxyl groups excluding tert-OH is 1. The third kappa shape index (κ3) is 4.83. The van der Waals surface area contributed by atoms with Crippen molar-refractivity contribution in [1.82, 2.24) is 15.3 Å². The number of nitrogens with zero attached hydrogens (tertiary/aromatic N) is 3. The van der Waals surface area contributed by atoms with Crippen LogP contribution in [0.15, 0.2) is 67.3 Å². The highest BCUT2D eigenvalue weighted by atomic mass is 16.5. The summed E-state index contributed by atoms with van der Waals surface area (Å²) in [6.07, 6.45) is 2.07. The Labute approximate surface area is 190 Å². The van der Waals surface area contributed by atoms with Gasteiger partial charge in [0, 0.05) is 36.7 Å². The average molecular weight is 433 g/mol. The van der Waals surface area contributed by atoms with Gasteiger partial charge in [0.25, 0.3) is 0 Å². The van der Waals surface area contributed by atoms with Crippen molar-refractivity contribution in [2.75, 3.05) is 31.2 Å². The number of hydrogen-bond acceptors (Lipinski definition) is 6. The van der Waals surface area contributed by atoms with Crippen molar-refractivity contribution >= 4 is 16.7 Å². The third-order valence-electron chi connectivity index (χ3n) is 6.18. The molecule has 2 heterocycles. The van der Waals surface area contributed by atoms with Crippen molar-refractivity contribution in [3.05, 3.63) is 67.3 Å². The van der Waals surface area contributed by atoms with Crippen LogP contribution in [0.3, 0.4) is 0 Å². The van der Waals surface area contributed by atoms with Gasteiger partial charge in [0.2, 0.25) is 0 Å². The zero-order valence-electron chi connectivity index (χ0n) is 18.9. The summed E-state index contributed by atoms with van der Waals surface area (Å²) in [4.78, 5) is 12.1. The van der Waals surface area contributed by atoms with E-state index < -0.39 is 11.6 Å². The van der Waals surface area contributed by atoms with E-state index in [4.69, 9.17) is 14.7 Å². The molecule has 3 aromatic rings. The first-order valence-corrected chi connectivity index (χ1v) is 11.2. The van der Waals surface area contributed by atoms with Gasteiger partial charge in [0.1, 0.15) is 5.82 Å². The van der Waals surface area contributed by atoms with Gasteiger partial charge in [-0.3, -0.25) is 0 Å². The molecule has 2 aromatic carbocycles. The van der Waals surface area contributed by atoms with Crippen LogP contribution in [-0.4, -0.2) is 59.1 Å². The first-order chi connectivity index (χ1) is 15.5. The predicted molar refractivity (Wildman–Crippen MR) is 130 cm³/mol. The number of anilines is 1. The summed E-state index contributed by atoms with van der Waals surface area (Å²) >= 11 is 0. The first kappa shape index (κ1) is 22.4. The molecule has 1 aromatic heterocycles. The number of para-hydroxylation sites is 1. The van der Waals surface area contributed by atoms with E-state index in [1.165, 1.54) is 0 Å². The SMILES string of the molecule is C=CCOCCC1CN(c2nc(-c3ccccc3)nc3ccccc23)CC(C)(C(C)O)N1. The van der Waals surface area contributed by atoms with E-state index in [2.05, 4.69) is 29.8 Å². The Morgan fingerprint density at radius 3 is 2.72 bits per heavy atom. The molecule has 0 amide bonds. The van der Waals surface area contributed by atoms with Gasteiger partial charge in [-0.05, 0) is 32.4 Å². The van der Waals surface area contributed by atoms with Crippen molar-refractivity contribution in [3.63, 3.8) is 0 Å². The standard InChI is InChI=1S/C26H32N4O2/c1-4-15-32-16-14-21-17-30(18-26(3,29-21)19(2)31)25-22-12-8-9-13-23(22)27-24(28-25)20-10-6-5-7-11-20/h4-13,19,21,29,31H,1,14-18H2,2-3H3. The van der Waals surface area contributed by atoms with Crippen LogP contribution in [0, 0.1) is 0 Å². The van der Waals surface area contributed by atoms with E-state index >= 15 is 0 Å². The molecule has 6 nitrogen and oxygen atoms in total. The van der Waals surface area contributed by atoms with Crippen molar-refractivity contribution in [2.45, 2.75) is 38.0 Å². The molecule has 1 saturated heterocycles. The van der Waals surface area contributed by atoms with E-state index in [1.54, 1.807) is 6.08 Å². The van der Waals surface area contributed by atoms with Gasteiger partial charge in [-0.25, -0.2) is 9.97 Å². The van der Waals surface area contributed by atoms with Crippen LogP contribution in [0.5, 0.6) is 0 Å². The predicted octanol–water partition coefficient (Wildman–Crippen LogP) is 3.81. The van der Waals surface area contributed by atoms with Gasteiger partial charge >= 0.3 is 0 Å². The molecule has 0 saturated carbocycles. The molecule has 3 atom stereocenters. The second kappa shape index (κ2) is 9.77. The fourth-order valence-corrected chi connectivity index (χ4v) is 4.27. The van der Waals surface area contributed by atoms with Gasteiger partial charge < -0.3 is 20.1 Å². The van der Waals surface area contributed by atoms with Gasteiger partial charge in [0.05, 0.1) is 23.8 Å². The number of fused-ring (bicyclic) bond motifs is 1. The summed E-state index contributed by atoms with van der Waals surface area (Å²) in [5, 5.41) is 15.3. The maximum atomic E-state index is 10.6. The van der Waals surface area contributed by atoms with Crippen molar-refractivity contribution in [2.24, 2.45) is 0 Å². The van der Waals surface area contributed by atoms with E-state index in [1.807, 2.05) is 55.5 Å². The normalized spacial score (nSPS) is 22.1. The Morgan fingerprint density at radius 1 is 1.22 bits per heavy atom. The fraction of sp³-hybridized carbons (Fsp3) is 0.385. The Kier molecular flexibility index (Phi) is 6.84. The monoisotopic (exact) mass is 432 g/mol. The molecule has 0 aliphatic carbocycles. The van der Waals surface area contributed by atoms with Crippen LogP contribution < -0.4 is 10.2 Å². The Bertz CT molecular complexity index is 1060. The molecule has 0 spiro atoms. The van der Waals surface area contributed by atoms with Crippen LogP contribution in [0.1, 0.15) is 20.3 Å². The summed E-state index contributed by atoms with van der Waals surface area (Å²) in [5.74, 6) is 1.61. The molecule has 6 heteroatoms. The largest absolute Gasteiger partial charge is 0.391 e. The number of nitrogens with one attached hydrogen (secondary N) is 1. The van der Waals surface area contributed by atoms with Crippen LogP contribution in [-0.2, 0) is 4.74 Å². The smallest absolute Gasteiger partial charge is 0.162 e. The highest BCUT2D eigenvalue weighted by molar-refractivity contribution is 5.91. The lowest BCUT2D eigenvalue weighted by Gasteiger charge is -2.48. The van der Waals surface area contributed by atoms with E-state index in [0.717, 1.165) is 35.2 Å². The molecule has 32 heavy (non-hydrogen) atoms. The molecule has 168 valence electrons. The number of aliphatic hydroxyl groups is 1. The highest BCUT2D eigenvalue weighted by Gasteiger charge is 2.40. The summed E-state index contributed by atoms with van der Waals surface area (Å²) in [6, 6.07) is 18.4. The maximum Gasteiger partial charge on any atom is 0.162 e. The molecular weight excluding hydrogens is 400 g/mol. The number of benzene rings is 2. The molecule has 4 rings (SSSR count). The molecule has 3 unspecified atom stereocenters. The fourth-order valence-electron chi connectivity index (χ4n) is 4.27. The van der Waals surface area contributed by atoms with Crippen LogP contribution >= 0.6 is 0 Å². The quantitative estimate of drug-likeness (QED) is 0.417. The van der Waals surface area contributed by atoms with Crippen LogP contribution in [0.4, 0.5) is 5.82 Å². The summed E-state index contributed by atoms with van der Waals surface area (Å²) in [6.45, 7) is 10.2. The lowest BCUT2D eigenvalue weighted by molar-refractivity contribution is 0.0614. The molecule has 2 N–H and O–H groups in total. The number of hydrogen-bond donors (Lipinski definition) is 2. The Balaban J connectivity index is 1.72. The minimum Gasteiger partial charge on any atom is -0.391 e. The second-order valence-corrected chi connectivity index (χ2v) is 8.72.